The third kappa shape index (κ3) is 4.34. The molecule has 4 nitrogen and oxygen atoms in total. The average molecular weight is 364 g/mol. The third-order valence-electron chi connectivity index (χ3n) is 6.17. The fraction of sp³-hybridized carbons (Fsp3) is 0.700. The predicted molar refractivity (Wildman–Crippen MR) is 103 cm³/mol. The summed E-state index contributed by atoms with van der Waals surface area (Å²) in [6.45, 7) is 15.5. The summed E-state index contributed by atoms with van der Waals surface area (Å²) >= 11 is 0. The van der Waals surface area contributed by atoms with Gasteiger partial charge in [-0.25, -0.2) is 0 Å². The highest BCUT2D eigenvalue weighted by Gasteiger charge is 2.45. The summed E-state index contributed by atoms with van der Waals surface area (Å²) in [7, 11) is -1.72. The first-order chi connectivity index (χ1) is 11.8. The van der Waals surface area contributed by atoms with E-state index in [0.717, 1.165) is 33.0 Å². The lowest BCUT2D eigenvalue weighted by molar-refractivity contribution is -0.154. The topological polar surface area (TPSA) is 30.9 Å². The van der Waals surface area contributed by atoms with Crippen LogP contribution in [0.5, 0.6) is 0 Å². The maximum absolute atomic E-state index is 6.48. The van der Waals surface area contributed by atoms with Crippen molar-refractivity contribution in [1.82, 2.24) is 5.06 Å². The Bertz CT molecular complexity index is 558. The molecule has 0 aromatic heterocycles. The lowest BCUT2D eigenvalue weighted by Crippen LogP contribution is -2.48. The number of hydrogen-bond acceptors (Lipinski definition) is 4. The molecular weight excluding hydrogens is 330 g/mol. The fourth-order valence-corrected chi connectivity index (χ4v) is 4.42. The molecule has 140 valence electrons. The van der Waals surface area contributed by atoms with E-state index in [1.54, 1.807) is 0 Å². The summed E-state index contributed by atoms with van der Waals surface area (Å²) in [5.74, 6) is 0.927. The highest BCUT2D eigenvalue weighted by atomic mass is 28.4. The lowest BCUT2D eigenvalue weighted by atomic mass is 9.86. The molecule has 0 saturated carbocycles. The van der Waals surface area contributed by atoms with Crippen molar-refractivity contribution in [2.45, 2.75) is 51.5 Å². The van der Waals surface area contributed by atoms with E-state index in [1.807, 2.05) is 0 Å². The largest absolute Gasteiger partial charge is 0.416 e. The monoisotopic (exact) mass is 363 g/mol. The molecule has 1 aromatic carbocycles. The third-order valence-corrected chi connectivity index (χ3v) is 10.7. The molecular formula is C20H33NO3Si. The van der Waals surface area contributed by atoms with Crippen molar-refractivity contribution >= 4 is 8.32 Å². The minimum atomic E-state index is -1.72. The van der Waals surface area contributed by atoms with Crippen LogP contribution in [0.3, 0.4) is 0 Å². The first-order valence-corrected chi connectivity index (χ1v) is 12.3. The number of hydroxylamine groups is 2. The normalized spacial score (nSPS) is 28.1. The Labute approximate surface area is 153 Å². The number of nitrogens with zero attached hydrogens (tertiary/aromatic N) is 1. The molecule has 25 heavy (non-hydrogen) atoms. The number of fused-ring (bicyclic) bond motifs is 1. The van der Waals surface area contributed by atoms with Crippen LogP contribution in [0.1, 0.15) is 26.3 Å². The molecule has 3 atom stereocenters. The van der Waals surface area contributed by atoms with Gasteiger partial charge in [0, 0.05) is 25.0 Å². The highest BCUT2D eigenvalue weighted by molar-refractivity contribution is 6.74. The van der Waals surface area contributed by atoms with Gasteiger partial charge in [-0.15, -0.1) is 0 Å². The Morgan fingerprint density at radius 2 is 1.84 bits per heavy atom. The fourth-order valence-electron chi connectivity index (χ4n) is 3.35. The molecule has 0 N–H and O–H groups in total. The zero-order chi connectivity index (χ0) is 18.1. The Hall–Kier alpha value is -0.723. The molecule has 2 saturated heterocycles. The first kappa shape index (κ1) is 19.0. The van der Waals surface area contributed by atoms with Crippen molar-refractivity contribution in [3.8, 4) is 0 Å². The van der Waals surface area contributed by atoms with E-state index in [4.69, 9.17) is 14.0 Å². The smallest absolute Gasteiger partial charge is 0.191 e. The Balaban J connectivity index is 1.60. The van der Waals surface area contributed by atoms with Crippen LogP contribution in [0.4, 0.5) is 0 Å². The van der Waals surface area contributed by atoms with Gasteiger partial charge in [-0.1, -0.05) is 51.1 Å². The Kier molecular flexibility index (Phi) is 5.71. The van der Waals surface area contributed by atoms with Gasteiger partial charge in [-0.3, -0.25) is 4.84 Å². The van der Waals surface area contributed by atoms with Crippen molar-refractivity contribution in [3.63, 3.8) is 0 Å². The molecule has 2 aliphatic rings. The van der Waals surface area contributed by atoms with Crippen LogP contribution in [0.15, 0.2) is 30.3 Å². The van der Waals surface area contributed by atoms with Crippen LogP contribution in [0.2, 0.25) is 18.1 Å². The molecule has 2 heterocycles. The zero-order valence-corrected chi connectivity index (χ0v) is 17.3. The molecule has 0 amide bonds. The van der Waals surface area contributed by atoms with Crippen molar-refractivity contribution in [3.05, 3.63) is 35.9 Å². The van der Waals surface area contributed by atoms with Crippen LogP contribution in [0, 0.1) is 11.8 Å². The van der Waals surface area contributed by atoms with Gasteiger partial charge >= 0.3 is 0 Å². The van der Waals surface area contributed by atoms with Gasteiger partial charge in [0.25, 0.3) is 0 Å². The van der Waals surface area contributed by atoms with Crippen molar-refractivity contribution in [2.75, 3.05) is 26.4 Å². The van der Waals surface area contributed by atoms with Gasteiger partial charge in [0.05, 0.1) is 25.9 Å². The number of benzene rings is 1. The summed E-state index contributed by atoms with van der Waals surface area (Å²) < 4.78 is 12.4. The van der Waals surface area contributed by atoms with Crippen molar-refractivity contribution < 1.29 is 14.0 Å². The molecule has 0 radical (unpaired) electrons. The molecule has 0 unspecified atom stereocenters. The standard InChI is InChI=1S/C20H33NO3Si/c1-20(2,3)25(4,5)24-13-17-12-22-15-19-18(17)14-23-21(19)11-16-9-7-6-8-10-16/h6-10,17-19H,11-15H2,1-5H3/t17-,18+,19-/m1/s1. The van der Waals surface area contributed by atoms with Crippen molar-refractivity contribution in [1.29, 1.82) is 0 Å². The molecule has 2 aliphatic heterocycles. The van der Waals surface area contributed by atoms with Gasteiger partial charge in [-0.05, 0) is 23.7 Å². The van der Waals surface area contributed by atoms with Gasteiger partial charge < -0.3 is 9.16 Å². The van der Waals surface area contributed by atoms with Crippen molar-refractivity contribution in [2.24, 2.45) is 11.8 Å². The number of rotatable bonds is 5. The van der Waals surface area contributed by atoms with Gasteiger partial charge in [0.2, 0.25) is 0 Å². The number of hydrogen-bond donors (Lipinski definition) is 0. The van der Waals surface area contributed by atoms with E-state index in [-0.39, 0.29) is 5.04 Å². The quantitative estimate of drug-likeness (QED) is 0.738. The molecule has 0 bridgehead atoms. The van der Waals surface area contributed by atoms with Gasteiger partial charge in [-0.2, -0.15) is 5.06 Å². The van der Waals surface area contributed by atoms with Crippen LogP contribution in [-0.4, -0.2) is 45.8 Å². The molecule has 5 heteroatoms. The average Bonchev–Trinajstić information content (AvgIpc) is 2.96. The summed E-state index contributed by atoms with van der Waals surface area (Å²) in [4.78, 5) is 6.04. The minimum absolute atomic E-state index is 0.243. The van der Waals surface area contributed by atoms with E-state index >= 15 is 0 Å². The summed E-state index contributed by atoms with van der Waals surface area (Å²) in [6, 6.07) is 10.8. The highest BCUT2D eigenvalue weighted by Crippen LogP contribution is 2.39. The second kappa shape index (κ2) is 7.49. The van der Waals surface area contributed by atoms with Crippen LogP contribution < -0.4 is 0 Å². The number of ether oxygens (including phenoxy) is 1. The summed E-state index contributed by atoms with van der Waals surface area (Å²) in [5.41, 5.74) is 1.28. The molecule has 0 spiro atoms. The van der Waals surface area contributed by atoms with E-state index in [1.165, 1.54) is 5.56 Å². The van der Waals surface area contributed by atoms with Gasteiger partial charge in [0.15, 0.2) is 8.32 Å². The Morgan fingerprint density at radius 1 is 1.12 bits per heavy atom. The Morgan fingerprint density at radius 3 is 2.52 bits per heavy atom. The van der Waals surface area contributed by atoms with E-state index in [0.29, 0.717) is 17.9 Å². The zero-order valence-electron chi connectivity index (χ0n) is 16.3. The lowest BCUT2D eigenvalue weighted by Gasteiger charge is -2.40. The van der Waals surface area contributed by atoms with E-state index < -0.39 is 8.32 Å². The SMILES string of the molecule is CC(C)(C)[Si](C)(C)OC[C@H]1COC[C@@H]2[C@H]1CON2Cc1ccccc1. The molecule has 3 rings (SSSR count). The second-order valence-electron chi connectivity index (χ2n) is 8.96. The summed E-state index contributed by atoms with van der Waals surface area (Å²) in [6.07, 6.45) is 0. The maximum Gasteiger partial charge on any atom is 0.191 e. The van der Waals surface area contributed by atoms with Crippen LogP contribution in [-0.2, 0) is 20.5 Å². The maximum atomic E-state index is 6.48. The second-order valence-corrected chi connectivity index (χ2v) is 13.8. The first-order valence-electron chi connectivity index (χ1n) is 9.43. The van der Waals surface area contributed by atoms with E-state index in [9.17, 15) is 0 Å². The summed E-state index contributed by atoms with van der Waals surface area (Å²) in [5, 5.41) is 2.37. The predicted octanol–water partition coefficient (Wildman–Crippen LogP) is 4.09. The minimum Gasteiger partial charge on any atom is -0.416 e. The van der Waals surface area contributed by atoms with Gasteiger partial charge in [0.1, 0.15) is 0 Å². The van der Waals surface area contributed by atoms with Crippen LogP contribution >= 0.6 is 0 Å². The van der Waals surface area contributed by atoms with E-state index in [2.05, 4.69) is 69.3 Å². The van der Waals surface area contributed by atoms with Crippen LogP contribution in [0.25, 0.3) is 0 Å². The molecule has 0 aliphatic carbocycles. The molecule has 1 aromatic rings. The molecule has 2 fully saturated rings.